The van der Waals surface area contributed by atoms with Gasteiger partial charge in [0, 0.05) is 29.3 Å². The minimum absolute atomic E-state index is 0.0588. The smallest absolute Gasteiger partial charge is 0.171 e. The van der Waals surface area contributed by atoms with Crippen LogP contribution < -0.4 is 4.74 Å². The van der Waals surface area contributed by atoms with Crippen LogP contribution >= 0.6 is 0 Å². The average Bonchev–Trinajstić information content (AvgIpc) is 3.50. The van der Waals surface area contributed by atoms with Crippen LogP contribution in [-0.4, -0.2) is 54.5 Å². The van der Waals surface area contributed by atoms with E-state index in [9.17, 15) is 0 Å². The molecule has 0 N–H and O–H groups in total. The number of piperidine rings is 1. The highest BCUT2D eigenvalue weighted by Gasteiger charge is 2.57. The molecule has 6 nitrogen and oxygen atoms in total. The number of ether oxygens (including phenoxy) is 4. The molecule has 1 aromatic carbocycles. The summed E-state index contributed by atoms with van der Waals surface area (Å²) in [7, 11) is 0. The molecule has 0 radical (unpaired) electrons. The van der Waals surface area contributed by atoms with E-state index >= 15 is 0 Å². The average molecular weight is 434 g/mol. The van der Waals surface area contributed by atoms with E-state index in [1.807, 2.05) is 12.1 Å². The minimum atomic E-state index is -0.546. The molecular weight excluding hydrogens is 394 g/mol. The number of hydrogen-bond donors (Lipinski definition) is 0. The highest BCUT2D eigenvalue weighted by Crippen LogP contribution is 2.49. The second-order valence-electron chi connectivity index (χ2n) is 11.5. The van der Waals surface area contributed by atoms with Gasteiger partial charge in [-0.15, -0.1) is 0 Å². The van der Waals surface area contributed by atoms with Gasteiger partial charge in [0.05, 0.1) is 19.8 Å². The van der Waals surface area contributed by atoms with Crippen molar-refractivity contribution in [1.82, 2.24) is 5.06 Å². The molecule has 3 aliphatic rings. The Bertz CT molecular complexity index is 739. The summed E-state index contributed by atoms with van der Waals surface area (Å²) in [6, 6.07) is 8.16. The third-order valence-corrected chi connectivity index (χ3v) is 6.41. The summed E-state index contributed by atoms with van der Waals surface area (Å²) < 4.78 is 23.7. The molecule has 2 unspecified atom stereocenters. The lowest BCUT2D eigenvalue weighted by molar-refractivity contribution is -0.387. The molecule has 3 heterocycles. The molecule has 1 aromatic rings. The Morgan fingerprint density at radius 1 is 0.968 bits per heavy atom. The molecule has 174 valence electrons. The summed E-state index contributed by atoms with van der Waals surface area (Å²) in [5, 5.41) is 2.16. The van der Waals surface area contributed by atoms with Crippen molar-refractivity contribution in [3.8, 4) is 5.75 Å². The van der Waals surface area contributed by atoms with E-state index < -0.39 is 5.79 Å². The van der Waals surface area contributed by atoms with Crippen LogP contribution in [-0.2, 0) is 19.0 Å². The lowest BCUT2D eigenvalue weighted by atomic mass is 9.77. The van der Waals surface area contributed by atoms with Gasteiger partial charge in [0.2, 0.25) is 0 Å². The fourth-order valence-electron chi connectivity index (χ4n) is 4.98. The Morgan fingerprint density at radius 3 is 2.03 bits per heavy atom. The van der Waals surface area contributed by atoms with Crippen LogP contribution in [0.15, 0.2) is 24.3 Å². The van der Waals surface area contributed by atoms with Crippen molar-refractivity contribution in [2.24, 2.45) is 5.41 Å². The number of benzene rings is 1. The van der Waals surface area contributed by atoms with Crippen LogP contribution in [0.4, 0.5) is 0 Å². The molecule has 6 heteroatoms. The number of hydroxylamine groups is 2. The van der Waals surface area contributed by atoms with Gasteiger partial charge in [0.1, 0.15) is 24.6 Å². The Labute approximate surface area is 187 Å². The molecule has 3 fully saturated rings. The summed E-state index contributed by atoms with van der Waals surface area (Å²) in [4.78, 5) is 6.59. The van der Waals surface area contributed by atoms with Gasteiger partial charge in [-0.2, -0.15) is 5.06 Å². The summed E-state index contributed by atoms with van der Waals surface area (Å²) in [5.74, 6) is 0.317. The zero-order valence-corrected chi connectivity index (χ0v) is 20.2. The van der Waals surface area contributed by atoms with Gasteiger partial charge in [-0.25, -0.2) is 0 Å². The van der Waals surface area contributed by atoms with E-state index in [0.29, 0.717) is 6.61 Å². The SMILES string of the molecule is CC(ON1C(C)(C)CC2(CC1(C)C)OCC(C)(C)CO2)c1ccc(OCC2CO2)cc1. The molecule has 3 aliphatic heterocycles. The van der Waals surface area contributed by atoms with E-state index in [1.165, 1.54) is 0 Å². The van der Waals surface area contributed by atoms with Crippen molar-refractivity contribution in [1.29, 1.82) is 0 Å². The van der Waals surface area contributed by atoms with E-state index in [2.05, 4.69) is 65.7 Å². The number of nitrogens with zero attached hydrogens (tertiary/aromatic N) is 1. The van der Waals surface area contributed by atoms with Gasteiger partial charge < -0.3 is 18.9 Å². The van der Waals surface area contributed by atoms with Gasteiger partial charge in [0.25, 0.3) is 0 Å². The standard InChI is InChI=1S/C25H39NO5/c1-18(19-8-10-20(11-9-19)27-12-21-13-28-21)31-26-23(4,5)14-25(15-24(26,6)7)29-16-22(2,3)17-30-25/h8-11,18,21H,12-17H2,1-7H3. The van der Waals surface area contributed by atoms with Gasteiger partial charge in [-0.3, -0.25) is 4.84 Å². The molecule has 31 heavy (non-hydrogen) atoms. The summed E-state index contributed by atoms with van der Waals surface area (Å²) in [6.45, 7) is 18.2. The van der Waals surface area contributed by atoms with Crippen molar-refractivity contribution in [2.45, 2.75) is 90.4 Å². The van der Waals surface area contributed by atoms with Crippen LogP contribution in [0.3, 0.4) is 0 Å². The maximum Gasteiger partial charge on any atom is 0.171 e. The third kappa shape index (κ3) is 5.25. The van der Waals surface area contributed by atoms with Crippen molar-refractivity contribution < 1.29 is 23.8 Å². The molecule has 0 aliphatic carbocycles. The molecule has 0 bridgehead atoms. The molecule has 0 saturated carbocycles. The molecule has 3 saturated heterocycles. The maximum absolute atomic E-state index is 6.59. The van der Waals surface area contributed by atoms with Crippen LogP contribution in [0.1, 0.15) is 73.0 Å². The van der Waals surface area contributed by atoms with E-state index in [4.69, 9.17) is 23.8 Å². The monoisotopic (exact) mass is 433 g/mol. The van der Waals surface area contributed by atoms with Gasteiger partial charge in [0.15, 0.2) is 5.79 Å². The van der Waals surface area contributed by atoms with Crippen LogP contribution in [0.5, 0.6) is 5.75 Å². The largest absolute Gasteiger partial charge is 0.491 e. The minimum Gasteiger partial charge on any atom is -0.491 e. The third-order valence-electron chi connectivity index (χ3n) is 6.41. The topological polar surface area (TPSA) is 52.7 Å². The zero-order valence-electron chi connectivity index (χ0n) is 20.2. The van der Waals surface area contributed by atoms with Gasteiger partial charge in [-0.05, 0) is 52.3 Å². The predicted octanol–water partition coefficient (Wildman–Crippen LogP) is 4.88. The maximum atomic E-state index is 6.59. The number of hydrogen-bond acceptors (Lipinski definition) is 6. The van der Waals surface area contributed by atoms with Crippen molar-refractivity contribution in [3.05, 3.63) is 29.8 Å². The molecule has 2 atom stereocenters. The first kappa shape index (κ1) is 23.0. The molecular formula is C25H39NO5. The van der Waals surface area contributed by atoms with Crippen molar-refractivity contribution >= 4 is 0 Å². The summed E-state index contributed by atoms with van der Waals surface area (Å²) in [6.07, 6.45) is 1.71. The van der Waals surface area contributed by atoms with Crippen LogP contribution in [0.2, 0.25) is 0 Å². The predicted molar refractivity (Wildman–Crippen MR) is 119 cm³/mol. The number of epoxide rings is 1. The van der Waals surface area contributed by atoms with Gasteiger partial charge in [-0.1, -0.05) is 26.0 Å². The first-order valence-electron chi connectivity index (χ1n) is 11.5. The molecule has 0 amide bonds. The van der Waals surface area contributed by atoms with E-state index in [-0.39, 0.29) is 28.7 Å². The van der Waals surface area contributed by atoms with Crippen molar-refractivity contribution in [2.75, 3.05) is 26.4 Å². The second-order valence-corrected chi connectivity index (χ2v) is 11.5. The summed E-state index contributed by atoms with van der Waals surface area (Å²) in [5.41, 5.74) is 0.688. The first-order chi connectivity index (χ1) is 14.4. The highest BCUT2D eigenvalue weighted by molar-refractivity contribution is 5.28. The zero-order chi connectivity index (χ0) is 22.5. The Hall–Kier alpha value is -1.18. The number of rotatable bonds is 6. The van der Waals surface area contributed by atoms with Crippen LogP contribution in [0.25, 0.3) is 0 Å². The lowest BCUT2D eigenvalue weighted by Crippen LogP contribution is -2.68. The summed E-state index contributed by atoms with van der Waals surface area (Å²) >= 11 is 0. The quantitative estimate of drug-likeness (QED) is 0.596. The molecule has 0 aromatic heterocycles. The van der Waals surface area contributed by atoms with Crippen molar-refractivity contribution in [3.63, 3.8) is 0 Å². The molecule has 4 rings (SSSR count). The fraction of sp³-hybridized carbons (Fsp3) is 0.760. The van der Waals surface area contributed by atoms with E-state index in [1.54, 1.807) is 0 Å². The highest BCUT2D eigenvalue weighted by atomic mass is 16.7. The van der Waals surface area contributed by atoms with Crippen LogP contribution in [0, 0.1) is 5.41 Å². The van der Waals surface area contributed by atoms with Gasteiger partial charge >= 0.3 is 0 Å². The Balaban J connectivity index is 1.42. The second kappa shape index (κ2) is 7.99. The fourth-order valence-corrected chi connectivity index (χ4v) is 4.98. The Kier molecular flexibility index (Phi) is 5.93. The normalized spacial score (nSPS) is 29.5. The lowest BCUT2D eigenvalue weighted by Gasteiger charge is -2.59. The van der Waals surface area contributed by atoms with E-state index in [0.717, 1.165) is 44.0 Å². The first-order valence-corrected chi connectivity index (χ1v) is 11.5. The Morgan fingerprint density at radius 2 is 1.52 bits per heavy atom. The molecule has 1 spiro atoms.